The van der Waals surface area contributed by atoms with Gasteiger partial charge in [-0.3, -0.25) is 0 Å². The predicted molar refractivity (Wildman–Crippen MR) is 121 cm³/mol. The quantitative estimate of drug-likeness (QED) is 0.465. The number of nitrogen functional groups attached to an aromatic ring is 1. The lowest BCUT2D eigenvalue weighted by atomic mass is 10.0. The van der Waals surface area contributed by atoms with Gasteiger partial charge < -0.3 is 20.4 Å². The van der Waals surface area contributed by atoms with Crippen LogP contribution in [0.25, 0.3) is 22.3 Å². The summed E-state index contributed by atoms with van der Waals surface area (Å²) in [5.41, 5.74) is 10.5. The molecule has 2 aromatic carbocycles. The maximum absolute atomic E-state index is 12.2. The minimum Gasteiger partial charge on any atom is -0.449 e. The molecule has 2 aromatic heterocycles. The first-order valence-corrected chi connectivity index (χ1v) is 10.6. The highest BCUT2D eigenvalue weighted by molar-refractivity contribution is 5.81. The number of hydrogen-bond donors (Lipinski definition) is 2. The molecule has 3 N–H and O–H groups in total. The van der Waals surface area contributed by atoms with E-state index < -0.39 is 6.09 Å². The van der Waals surface area contributed by atoms with Gasteiger partial charge in [0.1, 0.15) is 11.8 Å². The van der Waals surface area contributed by atoms with Crippen LogP contribution in [-0.2, 0) is 17.8 Å². The molecule has 0 aliphatic heterocycles. The van der Waals surface area contributed by atoms with Crippen molar-refractivity contribution >= 4 is 23.1 Å². The van der Waals surface area contributed by atoms with Crippen molar-refractivity contribution in [2.75, 3.05) is 12.3 Å². The Morgan fingerprint density at radius 1 is 1.06 bits per heavy atom. The van der Waals surface area contributed by atoms with Gasteiger partial charge in [0.05, 0.1) is 12.9 Å². The van der Waals surface area contributed by atoms with Crippen LogP contribution in [0.15, 0.2) is 67.3 Å². The molecule has 0 radical (unpaired) electrons. The predicted octanol–water partition coefficient (Wildman–Crippen LogP) is 3.64. The molecule has 5 rings (SSSR count). The normalized spacial score (nSPS) is 17.2. The summed E-state index contributed by atoms with van der Waals surface area (Å²) in [6.07, 6.45) is 3.80. The molecule has 2 atom stereocenters. The van der Waals surface area contributed by atoms with Gasteiger partial charge >= 0.3 is 6.09 Å². The van der Waals surface area contributed by atoms with Crippen LogP contribution >= 0.6 is 0 Å². The van der Waals surface area contributed by atoms with Gasteiger partial charge in [0.25, 0.3) is 0 Å². The number of anilines is 1. The van der Waals surface area contributed by atoms with Gasteiger partial charge in [-0.2, -0.15) is 0 Å². The Kier molecular flexibility index (Phi) is 5.41. The van der Waals surface area contributed by atoms with Gasteiger partial charge in [-0.15, -0.1) is 0 Å². The van der Waals surface area contributed by atoms with Crippen molar-refractivity contribution in [3.8, 4) is 11.1 Å². The molecule has 4 aromatic rings. The van der Waals surface area contributed by atoms with E-state index in [1.165, 1.54) is 6.33 Å². The van der Waals surface area contributed by atoms with Crippen LogP contribution in [0, 0.1) is 11.8 Å². The molecular weight excluding hydrogens is 404 g/mol. The lowest BCUT2D eigenvalue weighted by molar-refractivity contribution is 0.138. The molecule has 1 saturated carbocycles. The van der Waals surface area contributed by atoms with Gasteiger partial charge in [-0.1, -0.05) is 48.5 Å². The molecule has 1 aliphatic carbocycles. The Morgan fingerprint density at radius 3 is 2.78 bits per heavy atom. The molecule has 1 amide bonds. The van der Waals surface area contributed by atoms with Crippen LogP contribution in [0.5, 0.6) is 0 Å². The number of carbonyl (C=O) groups is 1. The molecule has 1 aliphatic rings. The number of nitrogens with zero attached hydrogens (tertiary/aromatic N) is 4. The van der Waals surface area contributed by atoms with Crippen LogP contribution in [0.1, 0.15) is 12.0 Å². The first kappa shape index (κ1) is 20.0. The van der Waals surface area contributed by atoms with Gasteiger partial charge in [0.2, 0.25) is 0 Å². The second kappa shape index (κ2) is 8.66. The largest absolute Gasteiger partial charge is 0.449 e. The van der Waals surface area contributed by atoms with Crippen LogP contribution in [-0.4, -0.2) is 32.2 Å². The fourth-order valence-electron chi connectivity index (χ4n) is 3.92. The average molecular weight is 428 g/mol. The summed E-state index contributed by atoms with van der Waals surface area (Å²) >= 11 is 0. The highest BCUT2D eigenvalue weighted by Crippen LogP contribution is 2.40. The molecular formula is C24H24N6O2. The zero-order chi connectivity index (χ0) is 21.9. The number of rotatable bonds is 7. The van der Waals surface area contributed by atoms with Crippen molar-refractivity contribution in [1.82, 2.24) is 24.8 Å². The number of imidazole rings is 1. The van der Waals surface area contributed by atoms with Crippen LogP contribution in [0.3, 0.4) is 0 Å². The number of hydrogen-bond acceptors (Lipinski definition) is 6. The monoisotopic (exact) mass is 428 g/mol. The molecule has 0 bridgehead atoms. The molecule has 8 heteroatoms. The SMILES string of the molecule is Nc1ncnc2c1ncn2CC1CC1COC(=O)NCc1cccc(-c2ccccc2)c1. The van der Waals surface area contributed by atoms with Gasteiger partial charge in [-0.25, -0.2) is 19.7 Å². The standard InChI is InChI=1S/C24H24N6O2/c25-22-21-23(28-14-27-22)30(15-29-21)12-19-10-20(19)13-32-24(31)26-11-16-5-4-8-18(9-16)17-6-2-1-3-7-17/h1-9,14-15,19-20H,10-13H2,(H,26,31)(H2,25,27,28). The van der Waals surface area contributed by atoms with Crippen molar-refractivity contribution in [2.45, 2.75) is 19.5 Å². The van der Waals surface area contributed by atoms with E-state index in [-0.39, 0.29) is 0 Å². The van der Waals surface area contributed by atoms with Crippen molar-refractivity contribution in [2.24, 2.45) is 11.8 Å². The minimum atomic E-state index is -0.394. The number of nitrogens with one attached hydrogen (secondary N) is 1. The van der Waals surface area contributed by atoms with Crippen molar-refractivity contribution < 1.29 is 9.53 Å². The van der Waals surface area contributed by atoms with Crippen LogP contribution in [0.4, 0.5) is 10.6 Å². The molecule has 32 heavy (non-hydrogen) atoms. The van der Waals surface area contributed by atoms with E-state index in [0.717, 1.165) is 35.3 Å². The molecule has 2 heterocycles. The smallest absolute Gasteiger partial charge is 0.407 e. The number of ether oxygens (including phenoxy) is 1. The highest BCUT2D eigenvalue weighted by atomic mass is 16.5. The van der Waals surface area contributed by atoms with Crippen molar-refractivity contribution in [3.63, 3.8) is 0 Å². The molecule has 0 spiro atoms. The van der Waals surface area contributed by atoms with Gasteiger partial charge in [0.15, 0.2) is 11.5 Å². The lowest BCUT2D eigenvalue weighted by Crippen LogP contribution is -2.24. The average Bonchev–Trinajstić information content (AvgIpc) is 3.44. The number of nitrogens with two attached hydrogens (primary N) is 1. The van der Waals surface area contributed by atoms with Gasteiger partial charge in [0, 0.05) is 13.1 Å². The van der Waals surface area contributed by atoms with Crippen molar-refractivity contribution in [3.05, 3.63) is 72.8 Å². The fraction of sp³-hybridized carbons (Fsp3) is 0.250. The van der Waals surface area contributed by atoms with E-state index in [4.69, 9.17) is 10.5 Å². The van der Waals surface area contributed by atoms with E-state index in [9.17, 15) is 4.79 Å². The second-order valence-electron chi connectivity index (χ2n) is 8.10. The van der Waals surface area contributed by atoms with Crippen LogP contribution < -0.4 is 11.1 Å². The van der Waals surface area contributed by atoms with E-state index in [1.54, 1.807) is 6.33 Å². The summed E-state index contributed by atoms with van der Waals surface area (Å²) in [7, 11) is 0. The third-order valence-corrected chi connectivity index (χ3v) is 5.83. The molecule has 8 nitrogen and oxygen atoms in total. The Labute approximate surface area is 185 Å². The third-order valence-electron chi connectivity index (χ3n) is 5.83. The summed E-state index contributed by atoms with van der Waals surface area (Å²) in [5, 5.41) is 2.84. The van der Waals surface area contributed by atoms with Crippen molar-refractivity contribution in [1.29, 1.82) is 0 Å². The first-order chi connectivity index (χ1) is 15.7. The second-order valence-corrected chi connectivity index (χ2v) is 8.10. The van der Waals surface area contributed by atoms with Crippen LogP contribution in [0.2, 0.25) is 0 Å². The Bertz CT molecular complexity index is 1240. The summed E-state index contributed by atoms with van der Waals surface area (Å²) < 4.78 is 7.42. The first-order valence-electron chi connectivity index (χ1n) is 10.6. The van der Waals surface area contributed by atoms with Gasteiger partial charge in [-0.05, 0) is 41.0 Å². The minimum absolute atomic E-state index is 0.346. The summed E-state index contributed by atoms with van der Waals surface area (Å²) in [6, 6.07) is 18.3. The number of benzene rings is 2. The zero-order valence-electron chi connectivity index (χ0n) is 17.5. The number of aromatic nitrogens is 4. The summed E-state index contributed by atoms with van der Waals surface area (Å²) in [4.78, 5) is 24.7. The Morgan fingerprint density at radius 2 is 1.91 bits per heavy atom. The summed E-state index contributed by atoms with van der Waals surface area (Å²) in [6.45, 7) is 1.61. The number of fused-ring (bicyclic) bond motifs is 1. The van der Waals surface area contributed by atoms with E-state index in [0.29, 0.717) is 36.3 Å². The number of carbonyl (C=O) groups excluding carboxylic acids is 1. The van der Waals surface area contributed by atoms with E-state index in [1.807, 2.05) is 34.9 Å². The molecule has 1 fully saturated rings. The highest BCUT2D eigenvalue weighted by Gasteiger charge is 2.38. The number of alkyl carbamates (subject to hydrolysis) is 1. The summed E-state index contributed by atoms with van der Waals surface area (Å²) in [5.74, 6) is 1.16. The van der Waals surface area contributed by atoms with E-state index in [2.05, 4.69) is 44.5 Å². The Balaban J connectivity index is 1.08. The topological polar surface area (TPSA) is 108 Å². The molecule has 2 unspecified atom stereocenters. The fourth-order valence-corrected chi connectivity index (χ4v) is 3.92. The van der Waals surface area contributed by atoms with E-state index >= 15 is 0 Å². The number of amides is 1. The Hall–Kier alpha value is -3.94. The lowest BCUT2D eigenvalue weighted by Gasteiger charge is -2.09. The molecule has 0 saturated heterocycles. The zero-order valence-corrected chi connectivity index (χ0v) is 17.5. The maximum Gasteiger partial charge on any atom is 0.407 e. The third kappa shape index (κ3) is 4.39. The maximum atomic E-state index is 12.2. The molecule has 162 valence electrons.